The predicted molar refractivity (Wildman–Crippen MR) is 358 cm³/mol. The lowest BCUT2D eigenvalue weighted by Gasteiger charge is -2.18. The Morgan fingerprint density at radius 2 is 0.488 bits per heavy atom. The summed E-state index contributed by atoms with van der Waals surface area (Å²) < 4.78 is 17.0. The Labute approximate surface area is 510 Å². The van der Waals surface area contributed by atoms with E-state index in [2.05, 4.69) is 81.5 Å². The van der Waals surface area contributed by atoms with Gasteiger partial charge in [0.05, 0.1) is 0 Å². The molecule has 0 aromatic rings. The van der Waals surface area contributed by atoms with Gasteiger partial charge in [-0.2, -0.15) is 0 Å². The van der Waals surface area contributed by atoms with Crippen molar-refractivity contribution in [1.29, 1.82) is 0 Å². The van der Waals surface area contributed by atoms with Crippen LogP contribution in [0.2, 0.25) is 0 Å². The molecule has 0 heterocycles. The Morgan fingerprint density at radius 3 is 0.780 bits per heavy atom. The number of unbranched alkanes of at least 4 members (excludes halogenated alkanes) is 46. The lowest BCUT2D eigenvalue weighted by atomic mass is 10.0. The van der Waals surface area contributed by atoms with Crippen LogP contribution in [0.25, 0.3) is 0 Å². The van der Waals surface area contributed by atoms with Crippen molar-refractivity contribution in [3.05, 3.63) is 60.8 Å². The molecule has 0 saturated carbocycles. The third kappa shape index (κ3) is 67.9. The van der Waals surface area contributed by atoms with Gasteiger partial charge in [0, 0.05) is 19.3 Å². The number of ether oxygens (including phenoxy) is 3. The molecule has 0 radical (unpaired) electrons. The van der Waals surface area contributed by atoms with Gasteiger partial charge in [-0.25, -0.2) is 0 Å². The molecule has 0 aliphatic carbocycles. The van der Waals surface area contributed by atoms with E-state index in [0.717, 1.165) is 103 Å². The van der Waals surface area contributed by atoms with Crippen molar-refractivity contribution in [2.45, 2.75) is 393 Å². The number of hydrogen-bond acceptors (Lipinski definition) is 6. The molecule has 0 saturated heterocycles. The SMILES string of the molecule is CC/C=C\C/C=C\C/C=C\CCCCCCCCCC(=O)OC(COC(=O)CCCCCCC/C=C\C/C=C\CCCC)COC(=O)CCCCCCCCCCCCCCCCCCCCCCCCCCCCCCCCCCC. The maximum atomic E-state index is 12.9. The van der Waals surface area contributed by atoms with E-state index < -0.39 is 6.10 Å². The van der Waals surface area contributed by atoms with Crippen LogP contribution in [-0.4, -0.2) is 37.2 Å². The molecule has 0 aliphatic rings. The van der Waals surface area contributed by atoms with Crippen LogP contribution in [0.15, 0.2) is 60.8 Å². The van der Waals surface area contributed by atoms with Gasteiger partial charge in [0.15, 0.2) is 6.10 Å². The lowest BCUT2D eigenvalue weighted by Crippen LogP contribution is -2.30. The summed E-state index contributed by atoms with van der Waals surface area (Å²) in [5.74, 6) is -0.883. The van der Waals surface area contributed by atoms with Gasteiger partial charge in [-0.05, 0) is 77.0 Å². The molecule has 82 heavy (non-hydrogen) atoms. The molecule has 0 spiro atoms. The van der Waals surface area contributed by atoms with Crippen LogP contribution in [0.4, 0.5) is 0 Å². The van der Waals surface area contributed by atoms with E-state index in [1.807, 2.05) is 0 Å². The average Bonchev–Trinajstić information content (AvgIpc) is 3.48. The normalized spacial score (nSPS) is 12.4. The van der Waals surface area contributed by atoms with E-state index in [4.69, 9.17) is 14.2 Å². The van der Waals surface area contributed by atoms with Gasteiger partial charge in [-0.15, -0.1) is 0 Å². The molecule has 0 bridgehead atoms. The number of rotatable bonds is 67. The molecular weight excluding hydrogens is 1010 g/mol. The smallest absolute Gasteiger partial charge is 0.306 e. The Hall–Kier alpha value is -2.89. The van der Waals surface area contributed by atoms with Crippen LogP contribution in [0.5, 0.6) is 0 Å². The van der Waals surface area contributed by atoms with Crippen molar-refractivity contribution >= 4 is 17.9 Å². The summed E-state index contributed by atoms with van der Waals surface area (Å²) in [5.41, 5.74) is 0. The average molecular weight is 1150 g/mol. The monoisotopic (exact) mass is 1150 g/mol. The highest BCUT2D eigenvalue weighted by molar-refractivity contribution is 5.71. The van der Waals surface area contributed by atoms with E-state index in [1.54, 1.807) is 0 Å². The molecule has 478 valence electrons. The second kappa shape index (κ2) is 70.6. The fraction of sp³-hybridized carbons (Fsp3) is 0.829. The van der Waals surface area contributed by atoms with Gasteiger partial charge in [0.1, 0.15) is 13.2 Å². The molecule has 0 aromatic heterocycles. The maximum absolute atomic E-state index is 12.9. The minimum absolute atomic E-state index is 0.0797. The molecule has 1 atom stereocenters. The molecule has 0 rings (SSSR count). The first-order valence-corrected chi connectivity index (χ1v) is 36.3. The quantitative estimate of drug-likeness (QED) is 0.0261. The fourth-order valence-electron chi connectivity index (χ4n) is 10.8. The van der Waals surface area contributed by atoms with Crippen LogP contribution in [0.3, 0.4) is 0 Å². The summed E-state index contributed by atoms with van der Waals surface area (Å²) in [4.78, 5) is 38.4. The summed E-state index contributed by atoms with van der Waals surface area (Å²) in [6.45, 7) is 6.53. The number of hydrogen-bond donors (Lipinski definition) is 0. The van der Waals surface area contributed by atoms with E-state index in [-0.39, 0.29) is 31.1 Å². The van der Waals surface area contributed by atoms with Crippen LogP contribution < -0.4 is 0 Å². The molecule has 0 aromatic carbocycles. The molecule has 6 heteroatoms. The van der Waals surface area contributed by atoms with E-state index in [0.29, 0.717) is 19.3 Å². The predicted octanol–water partition coefficient (Wildman–Crippen LogP) is 25.1. The third-order valence-electron chi connectivity index (χ3n) is 16.3. The van der Waals surface area contributed by atoms with E-state index in [1.165, 1.54) is 244 Å². The Morgan fingerprint density at radius 1 is 0.256 bits per heavy atom. The Bertz CT molecular complexity index is 1460. The summed E-state index contributed by atoms with van der Waals surface area (Å²) in [6.07, 6.45) is 91.3. The Kier molecular flexibility index (Phi) is 68.1. The summed E-state index contributed by atoms with van der Waals surface area (Å²) >= 11 is 0. The van der Waals surface area contributed by atoms with E-state index in [9.17, 15) is 14.4 Å². The minimum Gasteiger partial charge on any atom is -0.462 e. The van der Waals surface area contributed by atoms with Crippen molar-refractivity contribution < 1.29 is 28.6 Å². The first-order valence-electron chi connectivity index (χ1n) is 36.3. The lowest BCUT2D eigenvalue weighted by molar-refractivity contribution is -0.167. The standard InChI is InChI=1S/C76H138O6/c1-4-7-10-13-16-19-22-25-28-30-31-32-33-34-35-36-37-38-39-40-41-42-43-44-45-47-48-51-54-57-60-63-66-69-75(78)81-72-73(71-80-74(77)68-65-62-59-56-53-50-27-24-21-18-15-12-9-6-3)82-76(79)70-67-64-61-58-55-52-49-46-29-26-23-20-17-14-11-8-5-2/h8,11,15,17-18,20,24,26-27,29,73H,4-7,9-10,12-14,16,19,21-23,25,28,30-72H2,1-3H3/b11-8-,18-15-,20-17-,27-24-,29-26-. The van der Waals surface area contributed by atoms with Crippen LogP contribution in [0, 0.1) is 0 Å². The van der Waals surface area contributed by atoms with Gasteiger partial charge in [0.25, 0.3) is 0 Å². The van der Waals surface area contributed by atoms with Crippen molar-refractivity contribution in [2.24, 2.45) is 0 Å². The summed E-state index contributed by atoms with van der Waals surface area (Å²) in [6, 6.07) is 0. The topological polar surface area (TPSA) is 78.9 Å². The molecule has 0 N–H and O–H groups in total. The largest absolute Gasteiger partial charge is 0.462 e. The van der Waals surface area contributed by atoms with Crippen molar-refractivity contribution in [2.75, 3.05) is 13.2 Å². The molecule has 1 unspecified atom stereocenters. The number of esters is 3. The zero-order chi connectivity index (χ0) is 59.2. The highest BCUT2D eigenvalue weighted by Crippen LogP contribution is 2.19. The van der Waals surface area contributed by atoms with Gasteiger partial charge in [-0.3, -0.25) is 14.4 Å². The molecular formula is C76H138O6. The first kappa shape index (κ1) is 79.1. The zero-order valence-electron chi connectivity index (χ0n) is 55.0. The van der Waals surface area contributed by atoms with Crippen LogP contribution in [-0.2, 0) is 28.6 Å². The van der Waals surface area contributed by atoms with Gasteiger partial charge < -0.3 is 14.2 Å². The first-order chi connectivity index (χ1) is 40.5. The summed E-state index contributed by atoms with van der Waals surface area (Å²) in [7, 11) is 0. The number of allylic oxidation sites excluding steroid dienone is 10. The zero-order valence-corrected chi connectivity index (χ0v) is 55.0. The van der Waals surface area contributed by atoms with Crippen molar-refractivity contribution in [3.63, 3.8) is 0 Å². The second-order valence-corrected chi connectivity index (χ2v) is 24.5. The second-order valence-electron chi connectivity index (χ2n) is 24.5. The molecule has 0 fully saturated rings. The number of carbonyl (C=O) groups excluding carboxylic acids is 3. The summed E-state index contributed by atoms with van der Waals surface area (Å²) in [5, 5.41) is 0. The van der Waals surface area contributed by atoms with Gasteiger partial charge >= 0.3 is 17.9 Å². The third-order valence-corrected chi connectivity index (χ3v) is 16.3. The maximum Gasteiger partial charge on any atom is 0.306 e. The molecule has 0 amide bonds. The van der Waals surface area contributed by atoms with Crippen LogP contribution >= 0.6 is 0 Å². The Balaban J connectivity index is 4.13. The highest BCUT2D eigenvalue weighted by Gasteiger charge is 2.19. The fourth-order valence-corrected chi connectivity index (χ4v) is 10.8. The van der Waals surface area contributed by atoms with Gasteiger partial charge in [0.2, 0.25) is 0 Å². The van der Waals surface area contributed by atoms with Crippen molar-refractivity contribution in [1.82, 2.24) is 0 Å². The molecule has 0 aliphatic heterocycles. The van der Waals surface area contributed by atoms with Crippen LogP contribution in [0.1, 0.15) is 387 Å². The number of carbonyl (C=O) groups is 3. The highest BCUT2D eigenvalue weighted by atomic mass is 16.6. The minimum atomic E-state index is -0.786. The van der Waals surface area contributed by atoms with Crippen molar-refractivity contribution in [3.8, 4) is 0 Å². The van der Waals surface area contributed by atoms with E-state index >= 15 is 0 Å². The molecule has 6 nitrogen and oxygen atoms in total. The van der Waals surface area contributed by atoms with Gasteiger partial charge in [-0.1, -0.05) is 351 Å².